The van der Waals surface area contributed by atoms with Gasteiger partial charge in [-0.3, -0.25) is 4.79 Å². The number of hydrogen-bond acceptors (Lipinski definition) is 6. The quantitative estimate of drug-likeness (QED) is 0.700. The first-order valence-electron chi connectivity index (χ1n) is 8.78. The molecular weight excluding hydrogens is 403 g/mol. The number of sulfonamides is 1. The average molecular weight is 422 g/mol. The summed E-state index contributed by atoms with van der Waals surface area (Å²) in [4.78, 5) is 24.2. The predicted molar refractivity (Wildman–Crippen MR) is 100 cm³/mol. The van der Waals surface area contributed by atoms with Crippen LogP contribution in [0.25, 0.3) is 0 Å². The van der Waals surface area contributed by atoms with Gasteiger partial charge in [-0.1, -0.05) is 30.3 Å². The Balaban J connectivity index is 1.89. The van der Waals surface area contributed by atoms with Gasteiger partial charge in [-0.2, -0.15) is 0 Å². The van der Waals surface area contributed by atoms with Crippen molar-refractivity contribution in [3.63, 3.8) is 0 Å². The van der Waals surface area contributed by atoms with Gasteiger partial charge in [-0.25, -0.2) is 27.2 Å². The molecule has 0 bridgehead atoms. The van der Waals surface area contributed by atoms with Crippen molar-refractivity contribution in [2.75, 3.05) is 19.8 Å². The summed E-state index contributed by atoms with van der Waals surface area (Å²) >= 11 is 0. The maximum Gasteiger partial charge on any atom is 0.417 e. The Kier molecular flexibility index (Phi) is 6.14. The minimum atomic E-state index is -4.17. The van der Waals surface area contributed by atoms with E-state index in [0.29, 0.717) is 5.56 Å². The zero-order valence-electron chi connectivity index (χ0n) is 15.5. The fourth-order valence-corrected chi connectivity index (χ4v) is 4.04. The van der Waals surface area contributed by atoms with Gasteiger partial charge in [-0.05, 0) is 30.7 Å². The van der Waals surface area contributed by atoms with Gasteiger partial charge < -0.3 is 9.47 Å². The highest BCUT2D eigenvalue weighted by molar-refractivity contribution is 7.89. The van der Waals surface area contributed by atoms with Crippen LogP contribution >= 0.6 is 0 Å². The van der Waals surface area contributed by atoms with E-state index in [1.54, 1.807) is 37.3 Å². The maximum atomic E-state index is 14.1. The van der Waals surface area contributed by atoms with Crippen LogP contribution in [0, 0.1) is 5.82 Å². The number of benzene rings is 2. The number of nitrogens with zero attached hydrogens (tertiary/aromatic N) is 1. The van der Waals surface area contributed by atoms with E-state index >= 15 is 0 Å². The van der Waals surface area contributed by atoms with Gasteiger partial charge in [-0.15, -0.1) is 0 Å². The third kappa shape index (κ3) is 4.72. The Morgan fingerprint density at radius 2 is 1.93 bits per heavy atom. The van der Waals surface area contributed by atoms with E-state index < -0.39 is 40.5 Å². The molecule has 0 saturated carbocycles. The molecule has 1 heterocycles. The third-order valence-electron chi connectivity index (χ3n) is 4.22. The van der Waals surface area contributed by atoms with Crippen molar-refractivity contribution in [3.05, 3.63) is 59.9 Å². The molecule has 2 amide bonds. The standard InChI is InChI=1S/C19H19FN2O6S/c1-2-27-17-9-8-14(10-15(17)20)29(25,26)21-16(13-6-4-3-5-7-13)11-22-18(23)12-28-19(22)24/h3-10,16,21H,2,11-12H2,1H3/t16-/m1/s1. The fourth-order valence-electron chi connectivity index (χ4n) is 2.81. The Morgan fingerprint density at radius 1 is 1.21 bits per heavy atom. The summed E-state index contributed by atoms with van der Waals surface area (Å²) in [6, 6.07) is 10.8. The Bertz CT molecular complexity index is 997. The Hall–Kier alpha value is -2.98. The molecule has 8 nitrogen and oxygen atoms in total. The summed E-state index contributed by atoms with van der Waals surface area (Å²) in [6.07, 6.45) is -0.845. The average Bonchev–Trinajstić information content (AvgIpc) is 3.01. The number of imide groups is 1. The SMILES string of the molecule is CCOc1ccc(S(=O)(=O)N[C@H](CN2C(=O)COC2=O)c2ccccc2)cc1F. The number of hydrogen-bond donors (Lipinski definition) is 1. The lowest BCUT2D eigenvalue weighted by atomic mass is 10.1. The molecule has 0 spiro atoms. The van der Waals surface area contributed by atoms with Crippen LogP contribution in [-0.2, 0) is 19.6 Å². The lowest BCUT2D eigenvalue weighted by Gasteiger charge is -2.22. The van der Waals surface area contributed by atoms with Gasteiger partial charge in [0, 0.05) is 0 Å². The first kappa shape index (κ1) is 20.7. The lowest BCUT2D eigenvalue weighted by Crippen LogP contribution is -2.40. The van der Waals surface area contributed by atoms with Gasteiger partial charge in [0.15, 0.2) is 18.2 Å². The molecule has 1 atom stereocenters. The van der Waals surface area contributed by atoms with E-state index in [0.717, 1.165) is 11.0 Å². The normalized spacial score (nSPS) is 15.3. The third-order valence-corrected chi connectivity index (χ3v) is 5.69. The van der Waals surface area contributed by atoms with Crippen LogP contribution in [0.3, 0.4) is 0 Å². The molecule has 154 valence electrons. The molecule has 2 aromatic carbocycles. The summed E-state index contributed by atoms with van der Waals surface area (Å²) in [5.41, 5.74) is 0.523. The van der Waals surface area contributed by atoms with E-state index in [9.17, 15) is 22.4 Å². The van der Waals surface area contributed by atoms with Crippen LogP contribution in [-0.4, -0.2) is 45.1 Å². The highest BCUT2D eigenvalue weighted by atomic mass is 32.2. The molecule has 0 aliphatic carbocycles. The van der Waals surface area contributed by atoms with Gasteiger partial charge in [0.2, 0.25) is 10.0 Å². The molecular formula is C19H19FN2O6S. The first-order valence-corrected chi connectivity index (χ1v) is 10.3. The van der Waals surface area contributed by atoms with Gasteiger partial charge >= 0.3 is 6.09 Å². The highest BCUT2D eigenvalue weighted by Crippen LogP contribution is 2.24. The second kappa shape index (κ2) is 8.58. The van der Waals surface area contributed by atoms with Crippen molar-refractivity contribution in [1.82, 2.24) is 9.62 Å². The number of nitrogens with one attached hydrogen (secondary N) is 1. The fraction of sp³-hybridized carbons (Fsp3) is 0.263. The minimum absolute atomic E-state index is 0.0588. The number of ether oxygens (including phenoxy) is 2. The molecule has 1 aliphatic heterocycles. The highest BCUT2D eigenvalue weighted by Gasteiger charge is 2.34. The van der Waals surface area contributed by atoms with Crippen molar-refractivity contribution < 1.29 is 31.9 Å². The molecule has 10 heteroatoms. The molecule has 1 fully saturated rings. The second-order valence-corrected chi connectivity index (χ2v) is 7.88. The molecule has 29 heavy (non-hydrogen) atoms. The molecule has 0 radical (unpaired) electrons. The number of amides is 2. The van der Waals surface area contributed by atoms with E-state index in [1.807, 2.05) is 0 Å². The van der Waals surface area contributed by atoms with Crippen molar-refractivity contribution in [2.24, 2.45) is 0 Å². The van der Waals surface area contributed by atoms with E-state index in [-0.39, 0.29) is 23.8 Å². The topological polar surface area (TPSA) is 102 Å². The molecule has 2 aromatic rings. The largest absolute Gasteiger partial charge is 0.491 e. The second-order valence-electron chi connectivity index (χ2n) is 6.17. The predicted octanol–water partition coefficient (Wildman–Crippen LogP) is 2.22. The summed E-state index contributed by atoms with van der Waals surface area (Å²) in [5.74, 6) is -1.44. The molecule has 1 aliphatic rings. The molecule has 1 N–H and O–H groups in total. The van der Waals surface area contributed by atoms with Crippen LogP contribution < -0.4 is 9.46 Å². The molecule has 0 aromatic heterocycles. The van der Waals surface area contributed by atoms with E-state index in [1.165, 1.54) is 12.1 Å². The number of cyclic esters (lactones) is 1. The van der Waals surface area contributed by atoms with Crippen LogP contribution in [0.5, 0.6) is 5.75 Å². The number of halogens is 1. The number of carbonyl (C=O) groups excluding carboxylic acids is 2. The number of rotatable bonds is 8. The minimum Gasteiger partial charge on any atom is -0.491 e. The van der Waals surface area contributed by atoms with Crippen molar-refractivity contribution in [1.29, 1.82) is 0 Å². The van der Waals surface area contributed by atoms with Crippen LogP contribution in [0.1, 0.15) is 18.5 Å². The first-order chi connectivity index (χ1) is 13.8. The summed E-state index contributed by atoms with van der Waals surface area (Å²) < 4.78 is 52.0. The molecule has 0 unspecified atom stereocenters. The summed E-state index contributed by atoms with van der Waals surface area (Å²) in [5, 5.41) is 0. The zero-order chi connectivity index (χ0) is 21.0. The van der Waals surface area contributed by atoms with Crippen LogP contribution in [0.4, 0.5) is 9.18 Å². The smallest absolute Gasteiger partial charge is 0.417 e. The van der Waals surface area contributed by atoms with Crippen molar-refractivity contribution in [2.45, 2.75) is 17.9 Å². The molecule has 3 rings (SSSR count). The van der Waals surface area contributed by atoms with Gasteiger partial charge in [0.05, 0.1) is 24.1 Å². The van der Waals surface area contributed by atoms with Crippen molar-refractivity contribution >= 4 is 22.0 Å². The van der Waals surface area contributed by atoms with Gasteiger partial charge in [0.25, 0.3) is 5.91 Å². The Morgan fingerprint density at radius 3 is 2.52 bits per heavy atom. The Labute approximate surface area is 167 Å². The molecule has 1 saturated heterocycles. The van der Waals surface area contributed by atoms with E-state index in [2.05, 4.69) is 9.46 Å². The monoisotopic (exact) mass is 422 g/mol. The van der Waals surface area contributed by atoms with Crippen LogP contribution in [0.15, 0.2) is 53.4 Å². The van der Waals surface area contributed by atoms with Gasteiger partial charge in [0.1, 0.15) is 0 Å². The summed E-state index contributed by atoms with van der Waals surface area (Å²) in [7, 11) is -4.17. The lowest BCUT2D eigenvalue weighted by molar-refractivity contribution is -0.126. The van der Waals surface area contributed by atoms with Crippen molar-refractivity contribution in [3.8, 4) is 5.75 Å². The maximum absolute atomic E-state index is 14.1. The van der Waals surface area contributed by atoms with E-state index in [4.69, 9.17) is 4.74 Å². The van der Waals surface area contributed by atoms with Crippen LogP contribution in [0.2, 0.25) is 0 Å². The number of carbonyl (C=O) groups is 2. The summed E-state index contributed by atoms with van der Waals surface area (Å²) in [6.45, 7) is 1.26. The zero-order valence-corrected chi connectivity index (χ0v) is 16.3.